The van der Waals surface area contributed by atoms with E-state index in [1.165, 1.54) is 0 Å². The molecule has 0 saturated heterocycles. The Morgan fingerprint density at radius 2 is 1.50 bits per heavy atom. The number of anilines is 1. The average molecular weight is 319 g/mol. The van der Waals surface area contributed by atoms with Gasteiger partial charge < -0.3 is 5.32 Å². The van der Waals surface area contributed by atoms with Crippen LogP contribution in [0.2, 0.25) is 0 Å². The molecule has 0 aliphatic rings. The number of carbonyl (C=O) groups excluding carboxylic acids is 1. The van der Waals surface area contributed by atoms with E-state index < -0.39 is 40.7 Å². The third kappa shape index (κ3) is 3.38. The zero-order chi connectivity index (χ0) is 16.5. The minimum atomic E-state index is -4.96. The lowest BCUT2D eigenvalue weighted by Crippen LogP contribution is -2.15. The third-order valence-electron chi connectivity index (χ3n) is 2.71. The van der Waals surface area contributed by atoms with Crippen LogP contribution in [-0.4, -0.2) is 5.91 Å². The van der Waals surface area contributed by atoms with Gasteiger partial charge in [0.15, 0.2) is 11.6 Å². The number of hydrogen-bond donors (Lipinski definition) is 1. The Bertz CT molecular complexity index is 726. The summed E-state index contributed by atoms with van der Waals surface area (Å²) >= 11 is 0. The lowest BCUT2D eigenvalue weighted by molar-refractivity contribution is -0.140. The number of amides is 1. The molecule has 2 aromatic carbocycles. The van der Waals surface area contributed by atoms with Gasteiger partial charge in [-0.25, -0.2) is 13.2 Å². The van der Waals surface area contributed by atoms with Crippen LogP contribution in [0, 0.1) is 17.5 Å². The fraction of sp³-hybridized carbons (Fsp3) is 0.0714. The highest BCUT2D eigenvalue weighted by molar-refractivity contribution is 6.04. The lowest BCUT2D eigenvalue weighted by Gasteiger charge is -2.10. The fourth-order valence-electron chi connectivity index (χ4n) is 1.66. The topological polar surface area (TPSA) is 29.1 Å². The molecule has 116 valence electrons. The van der Waals surface area contributed by atoms with Crippen LogP contribution in [0.1, 0.15) is 15.9 Å². The third-order valence-corrected chi connectivity index (χ3v) is 2.71. The highest BCUT2D eigenvalue weighted by Gasteiger charge is 2.34. The van der Waals surface area contributed by atoms with E-state index >= 15 is 0 Å². The molecule has 1 amide bonds. The Balaban J connectivity index is 2.28. The van der Waals surface area contributed by atoms with Gasteiger partial charge >= 0.3 is 6.18 Å². The van der Waals surface area contributed by atoms with E-state index in [-0.39, 0.29) is 5.69 Å². The molecule has 2 nitrogen and oxygen atoms in total. The Kier molecular flexibility index (Phi) is 4.11. The number of rotatable bonds is 2. The molecule has 0 aliphatic carbocycles. The molecule has 0 aromatic heterocycles. The van der Waals surface area contributed by atoms with E-state index in [1.807, 2.05) is 0 Å². The maximum atomic E-state index is 13.1. The number of hydrogen-bond acceptors (Lipinski definition) is 1. The monoisotopic (exact) mass is 319 g/mol. The van der Waals surface area contributed by atoms with Crippen LogP contribution < -0.4 is 5.32 Å². The van der Waals surface area contributed by atoms with Crippen molar-refractivity contribution in [3.8, 4) is 0 Å². The molecule has 2 rings (SSSR count). The summed E-state index contributed by atoms with van der Waals surface area (Å²) in [7, 11) is 0. The number of nitrogens with one attached hydrogen (secondary N) is 1. The first kappa shape index (κ1) is 15.9. The Morgan fingerprint density at radius 1 is 0.864 bits per heavy atom. The van der Waals surface area contributed by atoms with Crippen LogP contribution in [0.5, 0.6) is 0 Å². The summed E-state index contributed by atoms with van der Waals surface area (Å²) in [5.41, 5.74) is -2.22. The minimum absolute atomic E-state index is 0.151. The van der Waals surface area contributed by atoms with E-state index in [2.05, 4.69) is 5.32 Å². The van der Waals surface area contributed by atoms with Crippen LogP contribution >= 0.6 is 0 Å². The molecule has 0 aliphatic heterocycles. The molecule has 0 unspecified atom stereocenters. The van der Waals surface area contributed by atoms with Crippen LogP contribution in [0.3, 0.4) is 0 Å². The van der Waals surface area contributed by atoms with Gasteiger partial charge in [-0.15, -0.1) is 0 Å². The molecule has 0 fully saturated rings. The second kappa shape index (κ2) is 5.70. The van der Waals surface area contributed by atoms with Crippen molar-refractivity contribution >= 4 is 11.6 Å². The van der Waals surface area contributed by atoms with E-state index in [0.29, 0.717) is 18.2 Å². The molecule has 1 N–H and O–H groups in total. The molecule has 0 saturated carbocycles. The molecule has 0 heterocycles. The van der Waals surface area contributed by atoms with Crippen LogP contribution in [-0.2, 0) is 6.18 Å². The summed E-state index contributed by atoms with van der Waals surface area (Å²) in [4.78, 5) is 11.8. The van der Waals surface area contributed by atoms with Crippen molar-refractivity contribution in [2.45, 2.75) is 6.18 Å². The summed E-state index contributed by atoms with van der Waals surface area (Å²) in [5.74, 6) is -4.90. The molecule has 0 atom stereocenters. The summed E-state index contributed by atoms with van der Waals surface area (Å²) < 4.78 is 76.5. The Hall–Kier alpha value is -2.51. The van der Waals surface area contributed by atoms with E-state index in [1.54, 1.807) is 0 Å². The summed E-state index contributed by atoms with van der Waals surface area (Å²) in [5, 5.41) is 2.09. The first-order chi connectivity index (χ1) is 10.2. The molecular weight excluding hydrogens is 312 g/mol. The predicted molar refractivity (Wildman–Crippen MR) is 65.7 cm³/mol. The highest BCUT2D eigenvalue weighted by atomic mass is 19.4. The molecule has 8 heteroatoms. The molecule has 22 heavy (non-hydrogen) atoms. The maximum Gasteiger partial charge on any atom is 0.419 e. The second-order valence-electron chi connectivity index (χ2n) is 4.28. The number of halogens is 6. The van der Waals surface area contributed by atoms with E-state index in [0.717, 1.165) is 18.2 Å². The highest BCUT2D eigenvalue weighted by Crippen LogP contribution is 2.32. The van der Waals surface area contributed by atoms with Gasteiger partial charge in [0.25, 0.3) is 5.91 Å². The van der Waals surface area contributed by atoms with Crippen molar-refractivity contribution < 1.29 is 31.1 Å². The predicted octanol–water partition coefficient (Wildman–Crippen LogP) is 4.38. The molecule has 0 bridgehead atoms. The van der Waals surface area contributed by atoms with Crippen molar-refractivity contribution in [3.05, 3.63) is 65.0 Å². The first-order valence-electron chi connectivity index (χ1n) is 5.81. The van der Waals surface area contributed by atoms with E-state index in [9.17, 15) is 31.1 Å². The molecule has 2 aromatic rings. The Labute approximate surface area is 120 Å². The van der Waals surface area contributed by atoms with Gasteiger partial charge in [0.05, 0.1) is 5.56 Å². The zero-order valence-electron chi connectivity index (χ0n) is 10.6. The van der Waals surface area contributed by atoms with Crippen molar-refractivity contribution in [3.63, 3.8) is 0 Å². The Morgan fingerprint density at radius 3 is 2.09 bits per heavy atom. The van der Waals surface area contributed by atoms with Gasteiger partial charge in [-0.2, -0.15) is 13.2 Å². The van der Waals surface area contributed by atoms with Gasteiger partial charge in [0.2, 0.25) is 0 Å². The van der Waals surface area contributed by atoms with Gasteiger partial charge in [0.1, 0.15) is 5.82 Å². The average Bonchev–Trinajstić information content (AvgIpc) is 2.42. The van der Waals surface area contributed by atoms with Gasteiger partial charge in [-0.05, 0) is 30.3 Å². The van der Waals surface area contributed by atoms with Crippen molar-refractivity contribution in [1.29, 1.82) is 0 Å². The van der Waals surface area contributed by atoms with Crippen molar-refractivity contribution in [2.24, 2.45) is 0 Å². The van der Waals surface area contributed by atoms with Gasteiger partial charge in [-0.3, -0.25) is 4.79 Å². The van der Waals surface area contributed by atoms with Gasteiger partial charge in [0, 0.05) is 17.3 Å². The second-order valence-corrected chi connectivity index (χ2v) is 4.28. The molecule has 0 radical (unpaired) electrons. The van der Waals surface area contributed by atoms with Crippen molar-refractivity contribution in [1.82, 2.24) is 0 Å². The summed E-state index contributed by atoms with van der Waals surface area (Å²) in [6.45, 7) is 0. The largest absolute Gasteiger partial charge is 0.419 e. The SMILES string of the molecule is O=C(Nc1ccc(F)c(F)c1)c1ccc(F)c(C(F)(F)F)c1. The fourth-order valence-corrected chi connectivity index (χ4v) is 1.66. The first-order valence-corrected chi connectivity index (χ1v) is 5.81. The number of alkyl halides is 3. The van der Waals surface area contributed by atoms with E-state index in [4.69, 9.17) is 0 Å². The zero-order valence-corrected chi connectivity index (χ0v) is 10.6. The number of carbonyl (C=O) groups is 1. The minimum Gasteiger partial charge on any atom is -0.322 e. The molecule has 0 spiro atoms. The summed E-state index contributed by atoms with van der Waals surface area (Å²) in [6, 6.07) is 4.13. The maximum absolute atomic E-state index is 13.1. The standard InChI is InChI=1S/C14H7F6NO/c15-10-3-1-7(5-9(10)14(18,19)20)13(22)21-8-2-4-11(16)12(17)6-8/h1-6H,(H,21,22). The van der Waals surface area contributed by atoms with Gasteiger partial charge in [-0.1, -0.05) is 0 Å². The normalized spacial score (nSPS) is 11.4. The van der Waals surface area contributed by atoms with Crippen LogP contribution in [0.15, 0.2) is 36.4 Å². The lowest BCUT2D eigenvalue weighted by atomic mass is 10.1. The number of benzene rings is 2. The van der Waals surface area contributed by atoms with Crippen LogP contribution in [0.25, 0.3) is 0 Å². The quantitative estimate of drug-likeness (QED) is 0.818. The van der Waals surface area contributed by atoms with Crippen LogP contribution in [0.4, 0.5) is 32.0 Å². The smallest absolute Gasteiger partial charge is 0.322 e. The van der Waals surface area contributed by atoms with Crippen molar-refractivity contribution in [2.75, 3.05) is 5.32 Å². The summed E-state index contributed by atoms with van der Waals surface area (Å²) in [6.07, 6.45) is -4.96. The molecular formula is C14H7F6NO.